The highest BCUT2D eigenvalue weighted by atomic mass is 16.6. The number of aryl methyl sites for hydroxylation is 1. The van der Waals surface area contributed by atoms with E-state index in [1.165, 1.54) is 36.4 Å². The number of non-ortho nitro benzene ring substituents is 1. The largest absolute Gasteiger partial charge is 0.504 e. The summed E-state index contributed by atoms with van der Waals surface area (Å²) in [7, 11) is 0. The number of aromatic hydroxyl groups is 2. The Kier molecular flexibility index (Phi) is 3.39. The van der Waals surface area contributed by atoms with Crippen molar-refractivity contribution in [1.82, 2.24) is 0 Å². The second-order valence-electron chi connectivity index (χ2n) is 4.29. The summed E-state index contributed by atoms with van der Waals surface area (Å²) in [6.07, 6.45) is 0. The van der Waals surface area contributed by atoms with Crippen molar-refractivity contribution < 1.29 is 15.1 Å². The molecular weight excluding hydrogens is 262 g/mol. The number of nitro groups is 1. The van der Waals surface area contributed by atoms with Crippen LogP contribution in [0.1, 0.15) is 5.56 Å². The minimum Gasteiger partial charge on any atom is -0.504 e. The Morgan fingerprint density at radius 1 is 1.10 bits per heavy atom. The van der Waals surface area contributed by atoms with E-state index in [9.17, 15) is 25.1 Å². The van der Waals surface area contributed by atoms with Crippen LogP contribution in [-0.2, 0) is 0 Å². The topological polar surface area (TPSA) is 101 Å². The molecule has 0 heterocycles. The van der Waals surface area contributed by atoms with Gasteiger partial charge in [-0.1, -0.05) is 0 Å². The minimum atomic E-state index is -0.721. The lowest BCUT2D eigenvalue weighted by Gasteiger charge is -2.02. The molecule has 0 radical (unpaired) electrons. The van der Waals surface area contributed by atoms with Crippen LogP contribution in [0.5, 0.6) is 11.5 Å². The molecule has 20 heavy (non-hydrogen) atoms. The monoisotopic (exact) mass is 273 g/mol. The molecule has 0 aromatic heterocycles. The molecule has 0 amide bonds. The number of benzene rings is 1. The Morgan fingerprint density at radius 2 is 1.70 bits per heavy atom. The second-order valence-corrected chi connectivity index (χ2v) is 4.29. The Morgan fingerprint density at radius 3 is 2.25 bits per heavy atom. The normalized spacial score (nSPS) is 10.2. The smallest absolute Gasteiger partial charge is 0.269 e. The highest BCUT2D eigenvalue weighted by Gasteiger charge is 2.10. The lowest BCUT2D eigenvalue weighted by atomic mass is 10.0. The average molecular weight is 273 g/mol. The Balaban J connectivity index is 2.64. The van der Waals surface area contributed by atoms with Crippen LogP contribution in [0.3, 0.4) is 0 Å². The van der Waals surface area contributed by atoms with E-state index < -0.39 is 21.9 Å². The zero-order valence-corrected chi connectivity index (χ0v) is 10.5. The highest BCUT2D eigenvalue weighted by Crippen LogP contribution is 2.29. The summed E-state index contributed by atoms with van der Waals surface area (Å²) in [5.74, 6) is -1.25. The van der Waals surface area contributed by atoms with Crippen LogP contribution < -0.4 is 5.43 Å². The predicted molar refractivity (Wildman–Crippen MR) is 72.9 cm³/mol. The SMILES string of the molecule is Cc1cc(=O)c(O)c(O)cc1-c1ccc([N+](=O)[O-])cc1. The van der Waals surface area contributed by atoms with Crippen LogP contribution in [0, 0.1) is 17.0 Å². The first-order valence-corrected chi connectivity index (χ1v) is 5.72. The van der Waals surface area contributed by atoms with Gasteiger partial charge in [-0.25, -0.2) is 0 Å². The van der Waals surface area contributed by atoms with Crippen LogP contribution in [0.4, 0.5) is 5.69 Å². The van der Waals surface area contributed by atoms with Gasteiger partial charge < -0.3 is 10.2 Å². The Labute approximate surface area is 113 Å². The molecule has 0 fully saturated rings. The van der Waals surface area contributed by atoms with Gasteiger partial charge in [-0.15, -0.1) is 0 Å². The molecule has 0 aliphatic heterocycles. The summed E-state index contributed by atoms with van der Waals surface area (Å²) in [4.78, 5) is 21.6. The van der Waals surface area contributed by atoms with E-state index in [0.717, 1.165) is 0 Å². The average Bonchev–Trinajstić information content (AvgIpc) is 2.51. The summed E-state index contributed by atoms with van der Waals surface area (Å²) >= 11 is 0. The van der Waals surface area contributed by atoms with Gasteiger partial charge in [0.15, 0.2) is 5.75 Å². The number of hydrogen-bond acceptors (Lipinski definition) is 5. The highest BCUT2D eigenvalue weighted by molar-refractivity contribution is 5.70. The standard InChI is InChI=1S/C14H11NO5/c1-8-6-12(16)14(18)13(17)7-11(8)9-2-4-10(5-3-9)15(19)20/h2-7H,1H3,(H2,16,17,18). The summed E-state index contributed by atoms with van der Waals surface area (Å²) in [5, 5.41) is 29.6. The van der Waals surface area contributed by atoms with Crippen molar-refractivity contribution in [3.63, 3.8) is 0 Å². The first kappa shape index (κ1) is 13.5. The van der Waals surface area contributed by atoms with E-state index >= 15 is 0 Å². The lowest BCUT2D eigenvalue weighted by Crippen LogP contribution is -1.94. The number of nitrogens with zero attached hydrogens (tertiary/aromatic N) is 1. The van der Waals surface area contributed by atoms with Crippen LogP contribution in [0.2, 0.25) is 0 Å². The van der Waals surface area contributed by atoms with Crippen LogP contribution in [0.25, 0.3) is 11.1 Å². The predicted octanol–water partition coefficient (Wildman–Crippen LogP) is 2.34. The van der Waals surface area contributed by atoms with Crippen molar-refractivity contribution in [1.29, 1.82) is 0 Å². The zero-order valence-electron chi connectivity index (χ0n) is 10.5. The van der Waals surface area contributed by atoms with E-state index in [1.807, 2.05) is 0 Å². The molecule has 0 spiro atoms. The molecule has 2 N–H and O–H groups in total. The van der Waals surface area contributed by atoms with Gasteiger partial charge in [-0.2, -0.15) is 0 Å². The van der Waals surface area contributed by atoms with Gasteiger partial charge in [-0.3, -0.25) is 14.9 Å². The van der Waals surface area contributed by atoms with Crippen molar-refractivity contribution in [3.05, 3.63) is 62.3 Å². The second kappa shape index (κ2) is 5.00. The van der Waals surface area contributed by atoms with E-state index in [1.54, 1.807) is 6.92 Å². The van der Waals surface area contributed by atoms with Crippen molar-refractivity contribution >= 4 is 5.69 Å². The van der Waals surface area contributed by atoms with Gasteiger partial charge in [0.25, 0.3) is 5.69 Å². The maximum absolute atomic E-state index is 11.5. The van der Waals surface area contributed by atoms with Gasteiger partial charge in [0.1, 0.15) is 0 Å². The maximum atomic E-state index is 11.5. The molecular formula is C14H11NO5. The third-order valence-corrected chi connectivity index (χ3v) is 2.92. The van der Waals surface area contributed by atoms with Gasteiger partial charge in [-0.05, 0) is 47.9 Å². The van der Waals surface area contributed by atoms with Gasteiger partial charge >= 0.3 is 0 Å². The maximum Gasteiger partial charge on any atom is 0.269 e. The molecule has 0 aliphatic rings. The van der Waals surface area contributed by atoms with Crippen molar-refractivity contribution in [2.45, 2.75) is 6.92 Å². The fraction of sp³-hybridized carbons (Fsp3) is 0.0714. The minimum absolute atomic E-state index is 0.0525. The van der Waals surface area contributed by atoms with Crippen LogP contribution in [0.15, 0.2) is 41.2 Å². The first-order chi connectivity index (χ1) is 9.40. The summed E-state index contributed by atoms with van der Waals surface area (Å²) in [6.45, 7) is 1.65. The number of rotatable bonds is 2. The zero-order chi connectivity index (χ0) is 14.9. The molecule has 2 rings (SSSR count). The summed E-state index contributed by atoms with van der Waals surface area (Å²) < 4.78 is 0. The fourth-order valence-corrected chi connectivity index (χ4v) is 1.86. The third kappa shape index (κ3) is 2.44. The van der Waals surface area contributed by atoms with E-state index in [0.29, 0.717) is 16.7 Å². The van der Waals surface area contributed by atoms with E-state index in [-0.39, 0.29) is 5.69 Å². The molecule has 0 aliphatic carbocycles. The first-order valence-electron chi connectivity index (χ1n) is 5.72. The van der Waals surface area contributed by atoms with Gasteiger partial charge in [0, 0.05) is 12.1 Å². The summed E-state index contributed by atoms with van der Waals surface area (Å²) in [6, 6.07) is 8.15. The molecule has 0 saturated carbocycles. The fourth-order valence-electron chi connectivity index (χ4n) is 1.86. The van der Waals surface area contributed by atoms with Crippen molar-refractivity contribution in [2.75, 3.05) is 0 Å². The van der Waals surface area contributed by atoms with E-state index in [2.05, 4.69) is 0 Å². The molecule has 6 nitrogen and oxygen atoms in total. The van der Waals surface area contributed by atoms with Crippen molar-refractivity contribution in [2.24, 2.45) is 0 Å². The van der Waals surface area contributed by atoms with Crippen LogP contribution >= 0.6 is 0 Å². The molecule has 0 bridgehead atoms. The molecule has 0 unspecified atom stereocenters. The molecule has 2 aromatic carbocycles. The van der Waals surface area contributed by atoms with Crippen LogP contribution in [-0.4, -0.2) is 15.1 Å². The van der Waals surface area contributed by atoms with E-state index in [4.69, 9.17) is 0 Å². The summed E-state index contributed by atoms with van der Waals surface area (Å²) in [5.41, 5.74) is 0.907. The molecule has 6 heteroatoms. The van der Waals surface area contributed by atoms with Gasteiger partial charge in [0.2, 0.25) is 11.2 Å². The van der Waals surface area contributed by atoms with Crippen molar-refractivity contribution in [3.8, 4) is 22.6 Å². The molecule has 0 atom stereocenters. The van der Waals surface area contributed by atoms with Gasteiger partial charge in [0.05, 0.1) is 4.92 Å². The number of nitro benzene ring substituents is 1. The quantitative estimate of drug-likeness (QED) is 0.646. The lowest BCUT2D eigenvalue weighted by molar-refractivity contribution is -0.384. The molecule has 0 saturated heterocycles. The Bertz CT molecular complexity index is 738. The molecule has 102 valence electrons. The molecule has 2 aromatic rings. The third-order valence-electron chi connectivity index (χ3n) is 2.92. The Hall–Kier alpha value is -2.89. The number of hydrogen-bond donors (Lipinski definition) is 2.